The van der Waals surface area contributed by atoms with Gasteiger partial charge in [-0.15, -0.1) is 0 Å². The smallest absolute Gasteiger partial charge is 0.261 e. The molecule has 106 valence electrons. The maximum absolute atomic E-state index is 12.2. The molecule has 0 N–H and O–H groups in total. The van der Waals surface area contributed by atoms with Gasteiger partial charge in [-0.2, -0.15) is 0 Å². The number of carbonyl (C=O) groups excluding carboxylic acids is 2. The molecule has 0 unspecified atom stereocenters. The van der Waals surface area contributed by atoms with Crippen LogP contribution in [0.25, 0.3) is 0 Å². The summed E-state index contributed by atoms with van der Waals surface area (Å²) >= 11 is 0. The lowest BCUT2D eigenvalue weighted by atomic mass is 10.1. The number of morpholine rings is 1. The molecule has 2 amide bonds. The topological polar surface area (TPSA) is 49.9 Å². The Morgan fingerprint density at radius 3 is 2.15 bits per heavy atom. The van der Waals surface area contributed by atoms with Gasteiger partial charge in [-0.25, -0.2) is 0 Å². The fraction of sp³-hybridized carbons (Fsp3) is 0.467. The molecule has 2 heterocycles. The molecule has 2 aliphatic heterocycles. The van der Waals surface area contributed by atoms with Gasteiger partial charge >= 0.3 is 0 Å². The summed E-state index contributed by atoms with van der Waals surface area (Å²) < 4.78 is 5.30. The Balaban J connectivity index is 1.56. The van der Waals surface area contributed by atoms with E-state index >= 15 is 0 Å². The molecule has 0 bridgehead atoms. The zero-order valence-corrected chi connectivity index (χ0v) is 11.4. The van der Waals surface area contributed by atoms with E-state index in [1.54, 1.807) is 24.3 Å². The summed E-state index contributed by atoms with van der Waals surface area (Å²) in [5.41, 5.74) is 1.06. The van der Waals surface area contributed by atoms with E-state index in [9.17, 15) is 9.59 Å². The van der Waals surface area contributed by atoms with Crippen molar-refractivity contribution in [3.8, 4) is 0 Å². The summed E-state index contributed by atoms with van der Waals surface area (Å²) in [4.78, 5) is 28.0. The van der Waals surface area contributed by atoms with Gasteiger partial charge in [0.1, 0.15) is 0 Å². The largest absolute Gasteiger partial charge is 0.379 e. The third-order valence-electron chi connectivity index (χ3n) is 3.84. The lowest BCUT2D eigenvalue weighted by Crippen LogP contribution is -2.39. The Labute approximate surface area is 118 Å². The highest BCUT2D eigenvalue weighted by Gasteiger charge is 2.34. The summed E-state index contributed by atoms with van der Waals surface area (Å²) in [6.07, 6.45) is 0.811. The fourth-order valence-electron chi connectivity index (χ4n) is 2.72. The van der Waals surface area contributed by atoms with E-state index in [1.165, 1.54) is 4.90 Å². The van der Waals surface area contributed by atoms with Crippen molar-refractivity contribution in [3.63, 3.8) is 0 Å². The first-order chi connectivity index (χ1) is 9.77. The fourth-order valence-corrected chi connectivity index (χ4v) is 2.72. The molecule has 0 aromatic heterocycles. The summed E-state index contributed by atoms with van der Waals surface area (Å²) in [6, 6.07) is 7.03. The predicted octanol–water partition coefficient (Wildman–Crippen LogP) is 1.00. The van der Waals surface area contributed by atoms with E-state index in [1.807, 2.05) is 0 Å². The van der Waals surface area contributed by atoms with Gasteiger partial charge in [0.25, 0.3) is 11.8 Å². The molecule has 0 atom stereocenters. The highest BCUT2D eigenvalue weighted by Crippen LogP contribution is 2.22. The minimum absolute atomic E-state index is 0.160. The molecule has 0 radical (unpaired) electrons. The predicted molar refractivity (Wildman–Crippen MR) is 73.7 cm³/mol. The average molecular weight is 274 g/mol. The number of carbonyl (C=O) groups is 2. The molecular formula is C15H18N2O3. The van der Waals surface area contributed by atoms with Crippen LogP contribution in [0.15, 0.2) is 24.3 Å². The first-order valence-electron chi connectivity index (χ1n) is 7.03. The SMILES string of the molecule is O=C1c2ccccc2C(=O)N1CCCN1CCOCC1. The van der Waals surface area contributed by atoms with Gasteiger partial charge in [-0.3, -0.25) is 19.4 Å². The normalized spacial score (nSPS) is 19.5. The Morgan fingerprint density at radius 1 is 0.950 bits per heavy atom. The van der Waals surface area contributed by atoms with Gasteiger partial charge in [0.15, 0.2) is 0 Å². The second-order valence-electron chi connectivity index (χ2n) is 5.12. The maximum Gasteiger partial charge on any atom is 0.261 e. The van der Waals surface area contributed by atoms with Crippen LogP contribution >= 0.6 is 0 Å². The zero-order valence-electron chi connectivity index (χ0n) is 11.4. The summed E-state index contributed by atoms with van der Waals surface area (Å²) in [6.45, 7) is 4.80. The van der Waals surface area contributed by atoms with Crippen molar-refractivity contribution >= 4 is 11.8 Å². The van der Waals surface area contributed by atoms with E-state index in [2.05, 4.69) is 4.90 Å². The second kappa shape index (κ2) is 5.73. The molecule has 0 saturated carbocycles. The average Bonchev–Trinajstić information content (AvgIpc) is 2.74. The Bertz CT molecular complexity index is 489. The summed E-state index contributed by atoms with van der Waals surface area (Å²) in [5.74, 6) is -0.319. The Hall–Kier alpha value is -1.72. The summed E-state index contributed by atoms with van der Waals surface area (Å²) in [7, 11) is 0. The van der Waals surface area contributed by atoms with E-state index < -0.39 is 0 Å². The molecule has 1 fully saturated rings. The number of benzene rings is 1. The van der Waals surface area contributed by atoms with E-state index in [0.29, 0.717) is 17.7 Å². The quantitative estimate of drug-likeness (QED) is 0.769. The number of amides is 2. The number of nitrogens with zero attached hydrogens (tertiary/aromatic N) is 2. The van der Waals surface area contributed by atoms with Gasteiger partial charge in [0, 0.05) is 26.2 Å². The first-order valence-corrected chi connectivity index (χ1v) is 7.03. The van der Waals surface area contributed by atoms with Gasteiger partial charge < -0.3 is 4.74 Å². The third-order valence-corrected chi connectivity index (χ3v) is 3.84. The lowest BCUT2D eigenvalue weighted by molar-refractivity contribution is 0.0355. The molecule has 0 spiro atoms. The van der Waals surface area contributed by atoms with E-state index in [0.717, 1.165) is 39.3 Å². The van der Waals surface area contributed by atoms with E-state index in [4.69, 9.17) is 4.74 Å². The van der Waals surface area contributed by atoms with Gasteiger partial charge in [-0.1, -0.05) is 12.1 Å². The van der Waals surface area contributed by atoms with Crippen molar-refractivity contribution in [3.05, 3.63) is 35.4 Å². The minimum Gasteiger partial charge on any atom is -0.379 e. The molecule has 1 saturated heterocycles. The van der Waals surface area contributed by atoms with Gasteiger partial charge in [-0.05, 0) is 18.6 Å². The standard InChI is InChI=1S/C15H18N2O3/c18-14-12-4-1-2-5-13(12)15(19)17(14)7-3-6-16-8-10-20-11-9-16/h1-2,4-5H,3,6-11H2. The van der Waals surface area contributed by atoms with Crippen LogP contribution in [0.2, 0.25) is 0 Å². The number of fused-ring (bicyclic) bond motifs is 1. The third kappa shape index (κ3) is 2.46. The lowest BCUT2D eigenvalue weighted by Gasteiger charge is -2.27. The number of hydrogen-bond donors (Lipinski definition) is 0. The Morgan fingerprint density at radius 2 is 1.55 bits per heavy atom. The molecule has 5 heteroatoms. The summed E-state index contributed by atoms with van der Waals surface area (Å²) in [5, 5.41) is 0. The zero-order chi connectivity index (χ0) is 13.9. The van der Waals surface area contributed by atoms with Gasteiger partial charge in [0.05, 0.1) is 24.3 Å². The van der Waals surface area contributed by atoms with E-state index in [-0.39, 0.29) is 11.8 Å². The monoisotopic (exact) mass is 274 g/mol. The van der Waals surface area contributed by atoms with Crippen LogP contribution in [-0.2, 0) is 4.74 Å². The van der Waals surface area contributed by atoms with Crippen LogP contribution in [0.3, 0.4) is 0 Å². The second-order valence-corrected chi connectivity index (χ2v) is 5.12. The van der Waals surface area contributed by atoms with Crippen LogP contribution in [0.1, 0.15) is 27.1 Å². The van der Waals surface area contributed by atoms with Gasteiger partial charge in [0.2, 0.25) is 0 Å². The number of hydrogen-bond acceptors (Lipinski definition) is 4. The number of imide groups is 1. The highest BCUT2D eigenvalue weighted by molar-refractivity contribution is 6.21. The van der Waals surface area contributed by atoms with Crippen molar-refractivity contribution in [1.82, 2.24) is 9.80 Å². The van der Waals surface area contributed by atoms with Crippen LogP contribution < -0.4 is 0 Å². The number of rotatable bonds is 4. The van der Waals surface area contributed by atoms with Crippen molar-refractivity contribution in [2.24, 2.45) is 0 Å². The van der Waals surface area contributed by atoms with Crippen molar-refractivity contribution in [1.29, 1.82) is 0 Å². The van der Waals surface area contributed by atoms with Crippen LogP contribution in [0.4, 0.5) is 0 Å². The molecule has 20 heavy (non-hydrogen) atoms. The molecule has 3 rings (SSSR count). The maximum atomic E-state index is 12.2. The Kier molecular flexibility index (Phi) is 3.80. The molecule has 1 aromatic carbocycles. The molecular weight excluding hydrogens is 256 g/mol. The first kappa shape index (κ1) is 13.3. The molecule has 1 aromatic rings. The molecule has 2 aliphatic rings. The molecule has 0 aliphatic carbocycles. The molecule has 5 nitrogen and oxygen atoms in total. The van der Waals surface area contributed by atoms with Crippen molar-refractivity contribution in [2.75, 3.05) is 39.4 Å². The minimum atomic E-state index is -0.160. The van der Waals surface area contributed by atoms with Crippen LogP contribution in [0, 0.1) is 0 Å². The number of ether oxygens (including phenoxy) is 1. The van der Waals surface area contributed by atoms with Crippen LogP contribution in [0.5, 0.6) is 0 Å². The van der Waals surface area contributed by atoms with Crippen molar-refractivity contribution < 1.29 is 14.3 Å². The van der Waals surface area contributed by atoms with Crippen LogP contribution in [-0.4, -0.2) is 61.0 Å². The van der Waals surface area contributed by atoms with Crippen molar-refractivity contribution in [2.45, 2.75) is 6.42 Å². The highest BCUT2D eigenvalue weighted by atomic mass is 16.5.